The standard InChI is InChI=1S/C22H15ClN4O3S/c23-17-10-8-15(9-11-17)20(28)14-30-22(29)19(13-18-7-4-12-31-18)27-21(24-25-26-27)16-5-2-1-3-6-16/h1-13H,14H2/b19-13-. The van der Waals surface area contributed by atoms with Gasteiger partial charge in [-0.3, -0.25) is 4.79 Å². The number of thiophene rings is 1. The molecule has 31 heavy (non-hydrogen) atoms. The second-order valence-electron chi connectivity index (χ2n) is 6.33. The van der Waals surface area contributed by atoms with Gasteiger partial charge in [-0.2, -0.15) is 4.68 Å². The van der Waals surface area contributed by atoms with E-state index in [1.165, 1.54) is 16.0 Å². The van der Waals surface area contributed by atoms with Gasteiger partial charge in [0.05, 0.1) is 0 Å². The molecule has 4 rings (SSSR count). The summed E-state index contributed by atoms with van der Waals surface area (Å²) in [5, 5.41) is 14.1. The Labute approximate surface area is 186 Å². The lowest BCUT2D eigenvalue weighted by atomic mass is 10.1. The fourth-order valence-corrected chi connectivity index (χ4v) is 3.53. The fraction of sp³-hybridized carbons (Fsp3) is 0.0455. The van der Waals surface area contributed by atoms with Crippen LogP contribution in [0.1, 0.15) is 15.2 Å². The largest absolute Gasteiger partial charge is 0.453 e. The van der Waals surface area contributed by atoms with Crippen LogP contribution in [0.4, 0.5) is 0 Å². The molecule has 9 heteroatoms. The maximum Gasteiger partial charge on any atom is 0.357 e. The highest BCUT2D eigenvalue weighted by Gasteiger charge is 2.22. The topological polar surface area (TPSA) is 87.0 Å². The molecule has 0 unspecified atom stereocenters. The molecule has 0 bridgehead atoms. The van der Waals surface area contributed by atoms with Gasteiger partial charge < -0.3 is 4.74 Å². The van der Waals surface area contributed by atoms with Crippen molar-refractivity contribution >= 4 is 46.5 Å². The van der Waals surface area contributed by atoms with Crippen molar-refractivity contribution in [1.82, 2.24) is 20.2 Å². The second-order valence-corrected chi connectivity index (χ2v) is 7.75. The minimum atomic E-state index is -0.722. The van der Waals surface area contributed by atoms with Crippen LogP contribution in [0.15, 0.2) is 72.1 Å². The van der Waals surface area contributed by atoms with E-state index >= 15 is 0 Å². The highest BCUT2D eigenvalue weighted by atomic mass is 35.5. The van der Waals surface area contributed by atoms with Crippen molar-refractivity contribution in [3.05, 3.63) is 87.6 Å². The zero-order valence-electron chi connectivity index (χ0n) is 16.0. The van der Waals surface area contributed by atoms with Gasteiger partial charge in [-0.15, -0.1) is 16.4 Å². The Morgan fingerprint density at radius 3 is 2.52 bits per heavy atom. The van der Waals surface area contributed by atoms with Crippen molar-refractivity contribution in [3.63, 3.8) is 0 Å². The SMILES string of the molecule is O=C(OCC(=O)c1ccc(Cl)cc1)/C(=C/c1cccs1)n1nnnc1-c1ccccc1. The van der Waals surface area contributed by atoms with Gasteiger partial charge in [0, 0.05) is 21.0 Å². The van der Waals surface area contributed by atoms with E-state index in [2.05, 4.69) is 15.5 Å². The molecule has 0 saturated carbocycles. The molecule has 4 aromatic rings. The molecule has 0 aliphatic rings. The van der Waals surface area contributed by atoms with E-state index in [0.717, 1.165) is 10.4 Å². The van der Waals surface area contributed by atoms with E-state index in [0.29, 0.717) is 16.4 Å². The summed E-state index contributed by atoms with van der Waals surface area (Å²) in [6, 6.07) is 19.3. The number of ether oxygens (including phenoxy) is 1. The Morgan fingerprint density at radius 2 is 1.81 bits per heavy atom. The molecule has 0 aliphatic carbocycles. The summed E-state index contributed by atoms with van der Waals surface area (Å²) >= 11 is 7.30. The normalized spacial score (nSPS) is 11.3. The third-order valence-corrected chi connectivity index (χ3v) is 5.33. The summed E-state index contributed by atoms with van der Waals surface area (Å²) in [6.07, 6.45) is 1.63. The first kappa shape index (κ1) is 20.6. The average molecular weight is 451 g/mol. The maximum atomic E-state index is 13.0. The van der Waals surface area contributed by atoms with Crippen LogP contribution in [0.3, 0.4) is 0 Å². The zero-order chi connectivity index (χ0) is 21.6. The van der Waals surface area contributed by atoms with Crippen LogP contribution >= 0.6 is 22.9 Å². The van der Waals surface area contributed by atoms with Gasteiger partial charge in [-0.05, 0) is 52.2 Å². The van der Waals surface area contributed by atoms with Gasteiger partial charge in [-0.25, -0.2) is 4.79 Å². The first-order valence-corrected chi connectivity index (χ1v) is 10.4. The number of aromatic nitrogens is 4. The molecular formula is C22H15ClN4O3S. The van der Waals surface area contributed by atoms with E-state index in [-0.39, 0.29) is 11.5 Å². The van der Waals surface area contributed by atoms with E-state index in [1.54, 1.807) is 30.3 Å². The van der Waals surface area contributed by atoms with Gasteiger partial charge >= 0.3 is 5.97 Å². The molecule has 2 heterocycles. The molecule has 0 atom stereocenters. The van der Waals surface area contributed by atoms with Crippen LogP contribution < -0.4 is 0 Å². The highest BCUT2D eigenvalue weighted by molar-refractivity contribution is 7.10. The van der Waals surface area contributed by atoms with E-state index in [1.807, 2.05) is 47.8 Å². The summed E-state index contributed by atoms with van der Waals surface area (Å²) in [5.41, 5.74) is 1.22. The summed E-state index contributed by atoms with van der Waals surface area (Å²) in [4.78, 5) is 26.2. The molecule has 0 saturated heterocycles. The van der Waals surface area contributed by atoms with Gasteiger partial charge in [0.2, 0.25) is 0 Å². The van der Waals surface area contributed by atoms with Crippen molar-refractivity contribution < 1.29 is 14.3 Å². The second kappa shape index (κ2) is 9.46. The average Bonchev–Trinajstić information content (AvgIpc) is 3.49. The van der Waals surface area contributed by atoms with Crippen LogP contribution in [0, 0.1) is 0 Å². The Hall–Kier alpha value is -3.62. The Kier molecular flexibility index (Phi) is 6.30. The number of hydrogen-bond acceptors (Lipinski definition) is 7. The lowest BCUT2D eigenvalue weighted by Crippen LogP contribution is -2.19. The quantitative estimate of drug-likeness (QED) is 0.234. The van der Waals surface area contributed by atoms with Crippen molar-refractivity contribution in [2.45, 2.75) is 0 Å². The minimum absolute atomic E-state index is 0.0928. The van der Waals surface area contributed by atoms with Crippen LogP contribution in [0.2, 0.25) is 5.02 Å². The molecule has 0 radical (unpaired) electrons. The molecule has 0 amide bonds. The summed E-state index contributed by atoms with van der Waals surface area (Å²) < 4.78 is 6.62. The van der Waals surface area contributed by atoms with Crippen LogP contribution in [-0.4, -0.2) is 38.6 Å². The molecular weight excluding hydrogens is 436 g/mol. The van der Waals surface area contributed by atoms with Gasteiger partial charge in [0.15, 0.2) is 23.9 Å². The smallest absolute Gasteiger partial charge is 0.357 e. The van der Waals surface area contributed by atoms with Gasteiger partial charge in [0.1, 0.15) is 0 Å². The molecule has 0 fully saturated rings. The Balaban J connectivity index is 1.61. The fourth-order valence-electron chi connectivity index (χ4n) is 2.76. The number of Topliss-reactive ketones (excluding diaryl/α,β-unsaturated/α-hetero) is 1. The van der Waals surface area contributed by atoms with Gasteiger partial charge in [0.25, 0.3) is 0 Å². The molecule has 2 aromatic heterocycles. The highest BCUT2D eigenvalue weighted by Crippen LogP contribution is 2.22. The molecule has 0 aliphatic heterocycles. The number of carbonyl (C=O) groups is 2. The Bertz CT molecular complexity index is 1220. The predicted molar refractivity (Wildman–Crippen MR) is 118 cm³/mol. The van der Waals surface area contributed by atoms with E-state index in [4.69, 9.17) is 16.3 Å². The number of halogens is 1. The maximum absolute atomic E-state index is 13.0. The van der Waals surface area contributed by atoms with Crippen LogP contribution in [0.5, 0.6) is 0 Å². The zero-order valence-corrected chi connectivity index (χ0v) is 17.6. The van der Waals surface area contributed by atoms with Crippen molar-refractivity contribution in [3.8, 4) is 11.4 Å². The minimum Gasteiger partial charge on any atom is -0.453 e. The van der Waals surface area contributed by atoms with Gasteiger partial charge in [-0.1, -0.05) is 48.0 Å². The number of benzene rings is 2. The third-order valence-electron chi connectivity index (χ3n) is 4.26. The molecule has 2 aromatic carbocycles. The first-order chi connectivity index (χ1) is 15.1. The number of ketones is 1. The number of hydrogen-bond donors (Lipinski definition) is 0. The molecule has 0 N–H and O–H groups in total. The number of carbonyl (C=O) groups excluding carboxylic acids is 2. The molecule has 154 valence electrons. The summed E-state index contributed by atoms with van der Waals surface area (Å²) in [7, 11) is 0. The number of nitrogens with zero attached hydrogens (tertiary/aromatic N) is 4. The predicted octanol–water partition coefficient (Wildman–Crippen LogP) is 4.48. The monoisotopic (exact) mass is 450 g/mol. The molecule has 0 spiro atoms. The number of esters is 1. The van der Waals surface area contributed by atoms with Crippen molar-refractivity contribution in [1.29, 1.82) is 0 Å². The van der Waals surface area contributed by atoms with Crippen LogP contribution in [-0.2, 0) is 9.53 Å². The lowest BCUT2D eigenvalue weighted by molar-refractivity contribution is -0.136. The van der Waals surface area contributed by atoms with Crippen molar-refractivity contribution in [2.75, 3.05) is 6.61 Å². The van der Waals surface area contributed by atoms with E-state index < -0.39 is 12.6 Å². The molecule has 7 nitrogen and oxygen atoms in total. The number of tetrazole rings is 1. The third kappa shape index (κ3) is 4.93. The van der Waals surface area contributed by atoms with Crippen LogP contribution in [0.25, 0.3) is 23.2 Å². The first-order valence-electron chi connectivity index (χ1n) is 9.17. The van der Waals surface area contributed by atoms with E-state index in [9.17, 15) is 9.59 Å². The van der Waals surface area contributed by atoms with Crippen molar-refractivity contribution in [2.24, 2.45) is 0 Å². The number of rotatable bonds is 7. The summed E-state index contributed by atoms with van der Waals surface area (Å²) in [5.74, 6) is -0.690. The Morgan fingerprint density at radius 1 is 1.03 bits per heavy atom. The lowest BCUT2D eigenvalue weighted by Gasteiger charge is -2.10. The summed E-state index contributed by atoms with van der Waals surface area (Å²) in [6.45, 7) is -0.426.